The lowest BCUT2D eigenvalue weighted by atomic mass is 10.3. The largest absolute Gasteiger partial charge is 0.352 e. The average Bonchev–Trinajstić information content (AvgIpc) is 2.88. The summed E-state index contributed by atoms with van der Waals surface area (Å²) < 4.78 is 5.58. The van der Waals surface area contributed by atoms with Crippen LogP contribution in [0.15, 0.2) is 0 Å². The Bertz CT molecular complexity index is 190. The molecule has 0 N–H and O–H groups in total. The van der Waals surface area contributed by atoms with Gasteiger partial charge in [-0.05, 0) is 21.1 Å². The van der Waals surface area contributed by atoms with Gasteiger partial charge in [-0.15, -0.1) is 0 Å². The maximum atomic E-state index is 5.58. The van der Waals surface area contributed by atoms with Crippen molar-refractivity contribution in [2.45, 2.75) is 12.3 Å². The Morgan fingerprint density at radius 3 is 2.36 bits per heavy atom. The number of piperazine rings is 1. The fourth-order valence-corrected chi connectivity index (χ4v) is 2.01. The zero-order chi connectivity index (χ0) is 10.1. The molecular weight excluding hydrogens is 178 g/mol. The van der Waals surface area contributed by atoms with Gasteiger partial charge in [0.2, 0.25) is 0 Å². The van der Waals surface area contributed by atoms with E-state index in [1.165, 1.54) is 26.2 Å². The standard InChI is InChI=1S/C10H21N3O/c1-11(2)10-9(14-10)8-13-6-4-12(3)5-7-13/h9-10H,4-8H2,1-3H3. The van der Waals surface area contributed by atoms with E-state index in [1.54, 1.807) is 0 Å². The van der Waals surface area contributed by atoms with Crippen molar-refractivity contribution in [1.82, 2.24) is 14.7 Å². The second kappa shape index (κ2) is 4.14. The summed E-state index contributed by atoms with van der Waals surface area (Å²) in [4.78, 5) is 7.04. The smallest absolute Gasteiger partial charge is 0.138 e. The molecule has 2 unspecified atom stereocenters. The van der Waals surface area contributed by atoms with Crippen LogP contribution >= 0.6 is 0 Å². The zero-order valence-corrected chi connectivity index (χ0v) is 9.44. The van der Waals surface area contributed by atoms with Crippen LogP contribution < -0.4 is 0 Å². The molecule has 0 aliphatic carbocycles. The van der Waals surface area contributed by atoms with E-state index in [1.807, 2.05) is 0 Å². The van der Waals surface area contributed by atoms with Crippen molar-refractivity contribution in [1.29, 1.82) is 0 Å². The normalized spacial score (nSPS) is 35.1. The first-order valence-electron chi connectivity index (χ1n) is 5.39. The molecule has 0 bridgehead atoms. The maximum Gasteiger partial charge on any atom is 0.138 e. The van der Waals surface area contributed by atoms with Crippen molar-refractivity contribution >= 4 is 0 Å². The highest BCUT2D eigenvalue weighted by molar-refractivity contribution is 4.86. The summed E-state index contributed by atoms with van der Waals surface area (Å²) in [5.74, 6) is 0. The first-order valence-corrected chi connectivity index (χ1v) is 5.39. The molecule has 2 saturated heterocycles. The summed E-state index contributed by atoms with van der Waals surface area (Å²) in [5.41, 5.74) is 0. The molecular formula is C10H21N3O. The van der Waals surface area contributed by atoms with Gasteiger partial charge in [0.1, 0.15) is 12.3 Å². The van der Waals surface area contributed by atoms with Crippen LogP contribution in [0.2, 0.25) is 0 Å². The first-order chi connectivity index (χ1) is 6.66. The van der Waals surface area contributed by atoms with Crippen molar-refractivity contribution in [3.8, 4) is 0 Å². The van der Waals surface area contributed by atoms with Crippen LogP contribution in [0.3, 0.4) is 0 Å². The molecule has 0 amide bonds. The fraction of sp³-hybridized carbons (Fsp3) is 1.00. The predicted molar refractivity (Wildman–Crippen MR) is 56.3 cm³/mol. The molecule has 4 nitrogen and oxygen atoms in total. The molecule has 0 aromatic heterocycles. The van der Waals surface area contributed by atoms with E-state index in [0.29, 0.717) is 12.3 Å². The van der Waals surface area contributed by atoms with E-state index < -0.39 is 0 Å². The molecule has 2 aliphatic rings. The lowest BCUT2D eigenvalue weighted by Crippen LogP contribution is -2.46. The molecule has 4 heteroatoms. The highest BCUT2D eigenvalue weighted by Crippen LogP contribution is 2.24. The Kier molecular flexibility index (Phi) is 3.07. The van der Waals surface area contributed by atoms with Crippen LogP contribution in [0.4, 0.5) is 0 Å². The number of likely N-dealkylation sites (N-methyl/N-ethyl adjacent to an activating group) is 2. The monoisotopic (exact) mass is 199 g/mol. The molecule has 0 aromatic rings. The van der Waals surface area contributed by atoms with E-state index in [4.69, 9.17) is 4.74 Å². The van der Waals surface area contributed by atoms with E-state index in [9.17, 15) is 0 Å². The SMILES string of the molecule is CN1CCN(CC2OC2N(C)C)CC1. The number of hydrogen-bond donors (Lipinski definition) is 0. The molecule has 2 rings (SSSR count). The van der Waals surface area contributed by atoms with Crippen molar-refractivity contribution < 1.29 is 4.74 Å². The molecule has 14 heavy (non-hydrogen) atoms. The van der Waals surface area contributed by atoms with Gasteiger partial charge < -0.3 is 9.64 Å². The Balaban J connectivity index is 1.67. The second-order valence-corrected chi connectivity index (χ2v) is 4.63. The number of ether oxygens (including phenoxy) is 1. The van der Waals surface area contributed by atoms with Crippen molar-refractivity contribution in [3.05, 3.63) is 0 Å². The first kappa shape index (κ1) is 10.4. The lowest BCUT2D eigenvalue weighted by molar-refractivity contribution is 0.144. The van der Waals surface area contributed by atoms with Gasteiger partial charge >= 0.3 is 0 Å². The lowest BCUT2D eigenvalue weighted by Gasteiger charge is -2.31. The van der Waals surface area contributed by atoms with Gasteiger partial charge in [-0.2, -0.15) is 0 Å². The van der Waals surface area contributed by atoms with Gasteiger partial charge in [-0.25, -0.2) is 0 Å². The van der Waals surface area contributed by atoms with Crippen molar-refractivity contribution in [2.24, 2.45) is 0 Å². The topological polar surface area (TPSA) is 22.2 Å². The van der Waals surface area contributed by atoms with Crippen molar-refractivity contribution in [3.63, 3.8) is 0 Å². The highest BCUT2D eigenvalue weighted by atomic mass is 16.6. The van der Waals surface area contributed by atoms with Gasteiger partial charge in [0.05, 0.1) is 0 Å². The summed E-state index contributed by atoms with van der Waals surface area (Å²) in [7, 11) is 6.34. The molecule has 0 spiro atoms. The summed E-state index contributed by atoms with van der Waals surface area (Å²) in [6.07, 6.45) is 0.822. The van der Waals surface area contributed by atoms with Crippen LogP contribution in [0.1, 0.15) is 0 Å². The van der Waals surface area contributed by atoms with Gasteiger partial charge in [0, 0.05) is 32.7 Å². The summed E-state index contributed by atoms with van der Waals surface area (Å²) in [6, 6.07) is 0. The molecule has 0 saturated carbocycles. The van der Waals surface area contributed by atoms with Crippen LogP contribution in [0, 0.1) is 0 Å². The minimum Gasteiger partial charge on any atom is -0.352 e. The van der Waals surface area contributed by atoms with Gasteiger partial charge in [0.15, 0.2) is 0 Å². The van der Waals surface area contributed by atoms with E-state index >= 15 is 0 Å². The predicted octanol–water partition coefficient (Wildman–Crippen LogP) is -0.480. The van der Waals surface area contributed by atoms with Gasteiger partial charge in [-0.1, -0.05) is 0 Å². The number of rotatable bonds is 3. The third-order valence-corrected chi connectivity index (χ3v) is 3.10. The summed E-state index contributed by atoms with van der Waals surface area (Å²) in [5, 5.41) is 0. The Morgan fingerprint density at radius 2 is 1.86 bits per heavy atom. The Morgan fingerprint density at radius 1 is 1.21 bits per heavy atom. The van der Waals surface area contributed by atoms with Gasteiger partial charge in [-0.3, -0.25) is 9.80 Å². The molecule has 2 heterocycles. The van der Waals surface area contributed by atoms with Crippen LogP contribution in [-0.2, 0) is 4.74 Å². The zero-order valence-electron chi connectivity index (χ0n) is 9.44. The number of epoxide rings is 1. The molecule has 2 fully saturated rings. The fourth-order valence-electron chi connectivity index (χ4n) is 2.01. The molecule has 2 atom stereocenters. The number of hydrogen-bond acceptors (Lipinski definition) is 4. The average molecular weight is 199 g/mol. The minimum absolute atomic E-state index is 0.370. The molecule has 82 valence electrons. The summed E-state index contributed by atoms with van der Waals surface area (Å²) >= 11 is 0. The van der Waals surface area contributed by atoms with Crippen LogP contribution in [0.5, 0.6) is 0 Å². The van der Waals surface area contributed by atoms with E-state index in [-0.39, 0.29) is 0 Å². The molecule has 2 aliphatic heterocycles. The Labute approximate surface area is 86.4 Å². The Hall–Kier alpha value is -0.160. The second-order valence-electron chi connectivity index (χ2n) is 4.63. The number of nitrogens with zero attached hydrogens (tertiary/aromatic N) is 3. The molecule has 0 radical (unpaired) electrons. The maximum absolute atomic E-state index is 5.58. The van der Waals surface area contributed by atoms with Crippen LogP contribution in [0.25, 0.3) is 0 Å². The van der Waals surface area contributed by atoms with E-state index in [2.05, 4.69) is 35.8 Å². The quantitative estimate of drug-likeness (QED) is 0.573. The summed E-state index contributed by atoms with van der Waals surface area (Å²) in [6.45, 7) is 5.88. The third-order valence-electron chi connectivity index (χ3n) is 3.10. The van der Waals surface area contributed by atoms with E-state index in [0.717, 1.165) is 6.54 Å². The van der Waals surface area contributed by atoms with Gasteiger partial charge in [0.25, 0.3) is 0 Å². The minimum atomic E-state index is 0.370. The van der Waals surface area contributed by atoms with Crippen LogP contribution in [-0.4, -0.2) is 80.9 Å². The van der Waals surface area contributed by atoms with Crippen molar-refractivity contribution in [2.75, 3.05) is 53.9 Å². The molecule has 0 aromatic carbocycles. The highest BCUT2D eigenvalue weighted by Gasteiger charge is 2.41. The third kappa shape index (κ3) is 2.45.